The van der Waals surface area contributed by atoms with Gasteiger partial charge in [0.2, 0.25) is 5.95 Å². The fourth-order valence-corrected chi connectivity index (χ4v) is 3.59. The molecule has 0 bridgehead atoms. The second-order valence-corrected chi connectivity index (χ2v) is 6.98. The molecule has 0 radical (unpaired) electrons. The van der Waals surface area contributed by atoms with Gasteiger partial charge in [-0.05, 0) is 30.7 Å². The number of amides is 1. The van der Waals surface area contributed by atoms with Crippen LogP contribution < -0.4 is 5.56 Å². The van der Waals surface area contributed by atoms with Crippen LogP contribution in [0.3, 0.4) is 0 Å². The van der Waals surface area contributed by atoms with Crippen LogP contribution in [-0.2, 0) is 0 Å². The Balaban J connectivity index is 1.39. The van der Waals surface area contributed by atoms with E-state index in [4.69, 9.17) is 0 Å². The molecule has 10 heteroatoms. The van der Waals surface area contributed by atoms with Crippen LogP contribution >= 0.6 is 0 Å². The highest BCUT2D eigenvalue weighted by Gasteiger charge is 2.35. The molecule has 1 N–H and O–H groups in total. The number of aromatic nitrogens is 6. The standard InChI is InChI=1S/C19H16FN7O2/c1-11-14(18(29)25-9-12(10-25)13-4-5-21-8-15(13)20)7-22-27(11)19-23-17(28)16-3-2-6-26(16)24-19/h2-8,12H,9-10H2,1H3,(H,23,24,28). The molecule has 5 rings (SSSR count). The van der Waals surface area contributed by atoms with Gasteiger partial charge in [0.1, 0.15) is 11.3 Å². The van der Waals surface area contributed by atoms with Gasteiger partial charge < -0.3 is 4.90 Å². The van der Waals surface area contributed by atoms with E-state index in [-0.39, 0.29) is 29.1 Å². The van der Waals surface area contributed by atoms with Crippen molar-refractivity contribution in [3.8, 4) is 5.95 Å². The maximum absolute atomic E-state index is 13.9. The van der Waals surface area contributed by atoms with E-state index in [1.165, 1.54) is 21.6 Å². The summed E-state index contributed by atoms with van der Waals surface area (Å²) in [6.07, 6.45) is 5.85. The summed E-state index contributed by atoms with van der Waals surface area (Å²) < 4.78 is 16.8. The summed E-state index contributed by atoms with van der Waals surface area (Å²) >= 11 is 0. The minimum atomic E-state index is -0.357. The number of H-pyrrole nitrogens is 1. The van der Waals surface area contributed by atoms with E-state index in [1.54, 1.807) is 42.4 Å². The lowest BCUT2D eigenvalue weighted by molar-refractivity contribution is 0.0598. The molecule has 4 aromatic heterocycles. The molecular formula is C19H16FN7O2. The summed E-state index contributed by atoms with van der Waals surface area (Å²) in [6.45, 7) is 2.59. The fraction of sp³-hybridized carbons (Fsp3) is 0.211. The third-order valence-electron chi connectivity index (χ3n) is 5.24. The molecule has 29 heavy (non-hydrogen) atoms. The smallest absolute Gasteiger partial charge is 0.276 e. The van der Waals surface area contributed by atoms with Crippen LogP contribution in [-0.4, -0.2) is 53.3 Å². The predicted molar refractivity (Wildman–Crippen MR) is 101 cm³/mol. The summed E-state index contributed by atoms with van der Waals surface area (Å²) in [6, 6.07) is 5.02. The lowest BCUT2D eigenvalue weighted by Gasteiger charge is -2.39. The van der Waals surface area contributed by atoms with E-state index in [0.29, 0.717) is 35.4 Å². The van der Waals surface area contributed by atoms with Gasteiger partial charge in [0.05, 0.1) is 23.7 Å². The Morgan fingerprint density at radius 3 is 2.90 bits per heavy atom. The van der Waals surface area contributed by atoms with Crippen molar-refractivity contribution >= 4 is 11.4 Å². The van der Waals surface area contributed by atoms with Crippen LogP contribution in [0.1, 0.15) is 27.5 Å². The number of nitrogens with zero attached hydrogens (tertiary/aromatic N) is 6. The molecule has 0 atom stereocenters. The monoisotopic (exact) mass is 393 g/mol. The fourth-order valence-electron chi connectivity index (χ4n) is 3.59. The van der Waals surface area contributed by atoms with Gasteiger partial charge in [-0.15, -0.1) is 5.10 Å². The molecule has 0 saturated carbocycles. The first kappa shape index (κ1) is 17.3. The van der Waals surface area contributed by atoms with Gasteiger partial charge in [-0.3, -0.25) is 19.6 Å². The van der Waals surface area contributed by atoms with Crippen LogP contribution in [0.4, 0.5) is 4.39 Å². The minimum Gasteiger partial charge on any atom is -0.337 e. The zero-order valence-corrected chi connectivity index (χ0v) is 15.4. The summed E-state index contributed by atoms with van der Waals surface area (Å²) in [4.78, 5) is 33.1. The number of carbonyl (C=O) groups is 1. The van der Waals surface area contributed by atoms with Gasteiger partial charge in [-0.1, -0.05) is 0 Å². The minimum absolute atomic E-state index is 0.0496. The van der Waals surface area contributed by atoms with Gasteiger partial charge in [0, 0.05) is 31.4 Å². The zero-order valence-electron chi connectivity index (χ0n) is 15.4. The normalized spacial score (nSPS) is 14.3. The quantitative estimate of drug-likeness (QED) is 0.565. The Morgan fingerprint density at radius 1 is 1.28 bits per heavy atom. The number of rotatable bonds is 3. The maximum atomic E-state index is 13.9. The lowest BCUT2D eigenvalue weighted by Crippen LogP contribution is -2.48. The molecule has 1 fully saturated rings. The first-order chi connectivity index (χ1) is 14.0. The zero-order chi connectivity index (χ0) is 20.1. The van der Waals surface area contributed by atoms with Crippen molar-refractivity contribution in [2.75, 3.05) is 13.1 Å². The molecular weight excluding hydrogens is 377 g/mol. The van der Waals surface area contributed by atoms with Crippen LogP contribution in [0.25, 0.3) is 11.5 Å². The molecule has 4 aromatic rings. The summed E-state index contributed by atoms with van der Waals surface area (Å²) in [5.41, 5.74) is 1.66. The van der Waals surface area contributed by atoms with Crippen LogP contribution in [0.5, 0.6) is 0 Å². The molecule has 0 aromatic carbocycles. The van der Waals surface area contributed by atoms with E-state index >= 15 is 0 Å². The van der Waals surface area contributed by atoms with Gasteiger partial charge in [0.15, 0.2) is 0 Å². The highest BCUT2D eigenvalue weighted by molar-refractivity contribution is 5.95. The number of aromatic amines is 1. The third kappa shape index (κ3) is 2.72. The van der Waals surface area contributed by atoms with Gasteiger partial charge in [0.25, 0.3) is 11.5 Å². The molecule has 9 nitrogen and oxygen atoms in total. The Bertz CT molecular complexity index is 1300. The first-order valence-electron chi connectivity index (χ1n) is 9.04. The Kier molecular flexibility index (Phi) is 3.79. The number of nitrogens with one attached hydrogen (secondary N) is 1. The number of carbonyl (C=O) groups excluding carboxylic acids is 1. The predicted octanol–water partition coefficient (Wildman–Crippen LogP) is 1.29. The van der Waals surface area contributed by atoms with Crippen LogP contribution in [0.2, 0.25) is 0 Å². The second-order valence-electron chi connectivity index (χ2n) is 6.98. The van der Waals surface area contributed by atoms with Gasteiger partial charge in [-0.2, -0.15) is 5.10 Å². The molecule has 5 heterocycles. The molecule has 1 aliphatic heterocycles. The Labute approximate surface area is 163 Å². The molecule has 1 aliphatic rings. The second kappa shape index (κ2) is 6.36. The summed E-state index contributed by atoms with van der Waals surface area (Å²) in [5.74, 6) is -0.380. The van der Waals surface area contributed by atoms with E-state index < -0.39 is 0 Å². The van der Waals surface area contributed by atoms with Crippen molar-refractivity contribution in [1.29, 1.82) is 0 Å². The molecule has 1 saturated heterocycles. The van der Waals surface area contributed by atoms with Gasteiger partial charge in [-0.25, -0.2) is 13.6 Å². The maximum Gasteiger partial charge on any atom is 0.276 e. The van der Waals surface area contributed by atoms with Crippen molar-refractivity contribution in [1.82, 2.24) is 34.3 Å². The number of hydrogen-bond donors (Lipinski definition) is 1. The molecule has 0 spiro atoms. The van der Waals surface area contributed by atoms with E-state index in [2.05, 4.69) is 20.2 Å². The average molecular weight is 393 g/mol. The summed E-state index contributed by atoms with van der Waals surface area (Å²) in [7, 11) is 0. The topological polar surface area (TPSA) is 101 Å². The van der Waals surface area contributed by atoms with E-state index in [1.807, 2.05) is 0 Å². The number of fused-ring (bicyclic) bond motifs is 1. The summed E-state index contributed by atoms with van der Waals surface area (Å²) in [5, 5.41) is 8.56. The SMILES string of the molecule is Cc1c(C(=O)N2CC(c3ccncc3F)C2)cnn1-c1nn2cccc2c(=O)[nH]1. The van der Waals surface area contributed by atoms with Crippen molar-refractivity contribution < 1.29 is 9.18 Å². The van der Waals surface area contributed by atoms with Crippen molar-refractivity contribution in [2.45, 2.75) is 12.8 Å². The molecule has 146 valence electrons. The van der Waals surface area contributed by atoms with Crippen molar-refractivity contribution in [2.24, 2.45) is 0 Å². The molecule has 0 unspecified atom stereocenters. The number of hydrogen-bond acceptors (Lipinski definition) is 5. The van der Waals surface area contributed by atoms with Crippen LogP contribution in [0, 0.1) is 12.7 Å². The number of likely N-dealkylation sites (tertiary alicyclic amines) is 1. The highest BCUT2D eigenvalue weighted by Crippen LogP contribution is 2.30. The molecule has 0 aliphatic carbocycles. The Hall–Kier alpha value is -3.82. The van der Waals surface area contributed by atoms with Gasteiger partial charge >= 0.3 is 0 Å². The average Bonchev–Trinajstić information content (AvgIpc) is 3.28. The van der Waals surface area contributed by atoms with E-state index in [9.17, 15) is 14.0 Å². The van der Waals surface area contributed by atoms with E-state index in [0.717, 1.165) is 0 Å². The Morgan fingerprint density at radius 2 is 2.10 bits per heavy atom. The first-order valence-corrected chi connectivity index (χ1v) is 9.04. The van der Waals surface area contributed by atoms with Crippen molar-refractivity contribution in [3.05, 3.63) is 76.0 Å². The van der Waals surface area contributed by atoms with Crippen molar-refractivity contribution in [3.63, 3.8) is 0 Å². The van der Waals surface area contributed by atoms with Crippen LogP contribution in [0.15, 0.2) is 47.8 Å². The largest absolute Gasteiger partial charge is 0.337 e. The lowest BCUT2D eigenvalue weighted by atomic mass is 9.91. The number of halogens is 1. The number of pyridine rings is 1. The third-order valence-corrected chi connectivity index (χ3v) is 5.24. The highest BCUT2D eigenvalue weighted by atomic mass is 19.1. The molecule has 1 amide bonds.